The third-order valence-corrected chi connectivity index (χ3v) is 4.18. The third kappa shape index (κ3) is 3.21. The Balaban J connectivity index is 1.48. The van der Waals surface area contributed by atoms with Crippen LogP contribution in [0.3, 0.4) is 0 Å². The van der Waals surface area contributed by atoms with E-state index in [9.17, 15) is 4.79 Å². The van der Waals surface area contributed by atoms with Crippen molar-refractivity contribution in [2.75, 3.05) is 5.32 Å². The molecule has 6 nitrogen and oxygen atoms in total. The molecule has 0 atom stereocenters. The van der Waals surface area contributed by atoms with Crippen LogP contribution in [0.25, 0.3) is 11.0 Å². The average Bonchev–Trinajstić information content (AvgIpc) is 3.24. The topological polar surface area (TPSA) is 81.2 Å². The summed E-state index contributed by atoms with van der Waals surface area (Å²) in [6.45, 7) is 4.10. The van der Waals surface area contributed by atoms with E-state index in [2.05, 4.69) is 28.5 Å². The molecule has 130 valence electrons. The van der Waals surface area contributed by atoms with Crippen molar-refractivity contribution < 1.29 is 13.6 Å². The Morgan fingerprint density at radius 3 is 2.69 bits per heavy atom. The van der Waals surface area contributed by atoms with Gasteiger partial charge in [0.25, 0.3) is 5.91 Å². The minimum atomic E-state index is -0.428. The van der Waals surface area contributed by atoms with Gasteiger partial charge in [-0.05, 0) is 37.1 Å². The van der Waals surface area contributed by atoms with Crippen molar-refractivity contribution in [2.45, 2.75) is 20.3 Å². The fraction of sp³-hybridized carbons (Fsp3) is 0.150. The van der Waals surface area contributed by atoms with Gasteiger partial charge in [-0.3, -0.25) is 10.1 Å². The number of furan rings is 1. The lowest BCUT2D eigenvalue weighted by Crippen LogP contribution is -2.10. The molecule has 4 rings (SSSR count). The van der Waals surface area contributed by atoms with Gasteiger partial charge in [0.15, 0.2) is 5.76 Å². The number of fused-ring (bicyclic) bond motifs is 1. The van der Waals surface area contributed by atoms with Gasteiger partial charge in [0.1, 0.15) is 5.58 Å². The highest BCUT2D eigenvalue weighted by Crippen LogP contribution is 2.20. The summed E-state index contributed by atoms with van der Waals surface area (Å²) in [5, 5.41) is 11.3. The maximum absolute atomic E-state index is 12.3. The van der Waals surface area contributed by atoms with E-state index < -0.39 is 5.91 Å². The van der Waals surface area contributed by atoms with Crippen LogP contribution in [-0.4, -0.2) is 16.1 Å². The first-order chi connectivity index (χ1) is 12.6. The average molecular weight is 347 g/mol. The van der Waals surface area contributed by atoms with E-state index in [4.69, 9.17) is 8.83 Å². The number of hydrogen-bond acceptors (Lipinski definition) is 5. The highest BCUT2D eigenvalue weighted by atomic mass is 16.4. The molecule has 1 N–H and O–H groups in total. The summed E-state index contributed by atoms with van der Waals surface area (Å²) in [5.74, 6) is 0.208. The second-order valence-electron chi connectivity index (χ2n) is 6.21. The molecule has 0 aliphatic carbocycles. The van der Waals surface area contributed by atoms with Crippen LogP contribution < -0.4 is 5.32 Å². The number of rotatable bonds is 4. The number of anilines is 1. The van der Waals surface area contributed by atoms with E-state index in [1.54, 1.807) is 12.1 Å². The molecule has 26 heavy (non-hydrogen) atoms. The molecule has 6 heteroatoms. The molecule has 0 aliphatic rings. The zero-order valence-electron chi connectivity index (χ0n) is 14.4. The number of nitrogens with zero attached hydrogens (tertiary/aromatic N) is 2. The number of carbonyl (C=O) groups excluding carboxylic acids is 1. The zero-order valence-corrected chi connectivity index (χ0v) is 14.4. The van der Waals surface area contributed by atoms with Crippen molar-refractivity contribution in [3.8, 4) is 0 Å². The first-order valence-electron chi connectivity index (χ1n) is 8.27. The molecule has 4 aromatic rings. The molecule has 2 aromatic heterocycles. The Hall–Kier alpha value is -3.41. The summed E-state index contributed by atoms with van der Waals surface area (Å²) in [4.78, 5) is 12.3. The van der Waals surface area contributed by atoms with Gasteiger partial charge in [-0.25, -0.2) is 0 Å². The largest absolute Gasteiger partial charge is 0.451 e. The van der Waals surface area contributed by atoms with Gasteiger partial charge in [-0.15, -0.1) is 5.10 Å². The lowest BCUT2D eigenvalue weighted by atomic mass is 10.0. The molecular formula is C20H17N3O3. The summed E-state index contributed by atoms with van der Waals surface area (Å²) in [6.07, 6.45) is 0.514. The lowest BCUT2D eigenvalue weighted by molar-refractivity contribution is 0.0995. The third-order valence-electron chi connectivity index (χ3n) is 4.18. The SMILES string of the molecule is Cc1ccc(Cc2nnc(NC(=O)c3cc4ccccc4o3)o2)c(C)c1. The van der Waals surface area contributed by atoms with Gasteiger partial charge < -0.3 is 8.83 Å². The van der Waals surface area contributed by atoms with Crippen LogP contribution in [0.15, 0.2) is 57.4 Å². The highest BCUT2D eigenvalue weighted by molar-refractivity contribution is 6.03. The number of carbonyl (C=O) groups is 1. The molecule has 0 spiro atoms. The van der Waals surface area contributed by atoms with E-state index in [-0.39, 0.29) is 11.8 Å². The monoisotopic (exact) mass is 347 g/mol. The number of amides is 1. The normalized spacial score (nSPS) is 11.0. The molecule has 2 aromatic carbocycles. The van der Waals surface area contributed by atoms with Crippen LogP contribution in [-0.2, 0) is 6.42 Å². The van der Waals surface area contributed by atoms with Crippen molar-refractivity contribution in [1.29, 1.82) is 0 Å². The van der Waals surface area contributed by atoms with Crippen LogP contribution in [0.2, 0.25) is 0 Å². The Bertz CT molecular complexity index is 1060. The first kappa shape index (κ1) is 16.1. The molecule has 0 saturated carbocycles. The Kier molecular flexibility index (Phi) is 4.01. The van der Waals surface area contributed by atoms with Crippen LogP contribution in [0.4, 0.5) is 6.01 Å². The van der Waals surface area contributed by atoms with Gasteiger partial charge in [0, 0.05) is 5.39 Å². The number of benzene rings is 2. The number of para-hydroxylation sites is 1. The Morgan fingerprint density at radius 1 is 1.04 bits per heavy atom. The summed E-state index contributed by atoms with van der Waals surface area (Å²) in [7, 11) is 0. The van der Waals surface area contributed by atoms with Crippen molar-refractivity contribution in [3.63, 3.8) is 0 Å². The smallest absolute Gasteiger partial charge is 0.322 e. The van der Waals surface area contributed by atoms with Crippen LogP contribution in [0.5, 0.6) is 0 Å². The summed E-state index contributed by atoms with van der Waals surface area (Å²) in [5.41, 5.74) is 4.12. The quantitative estimate of drug-likeness (QED) is 0.596. The second-order valence-corrected chi connectivity index (χ2v) is 6.21. The van der Waals surface area contributed by atoms with Crippen molar-refractivity contribution >= 4 is 22.9 Å². The highest BCUT2D eigenvalue weighted by Gasteiger charge is 2.16. The molecular weight excluding hydrogens is 330 g/mol. The van der Waals surface area contributed by atoms with Crippen molar-refractivity contribution in [1.82, 2.24) is 10.2 Å². The predicted octanol–water partition coefficient (Wildman–Crippen LogP) is 4.28. The van der Waals surface area contributed by atoms with Gasteiger partial charge in [0.2, 0.25) is 5.89 Å². The van der Waals surface area contributed by atoms with Crippen LogP contribution in [0.1, 0.15) is 33.1 Å². The minimum absolute atomic E-state index is 0.0511. The second kappa shape index (κ2) is 6.48. The molecule has 1 amide bonds. The number of hydrogen-bond donors (Lipinski definition) is 1. The fourth-order valence-corrected chi connectivity index (χ4v) is 2.84. The van der Waals surface area contributed by atoms with Crippen molar-refractivity contribution in [2.24, 2.45) is 0 Å². The van der Waals surface area contributed by atoms with E-state index in [0.717, 1.165) is 16.5 Å². The number of aromatic nitrogens is 2. The van der Waals surface area contributed by atoms with Gasteiger partial charge >= 0.3 is 6.01 Å². The standard InChI is InChI=1S/C20H17N3O3/c1-12-7-8-14(13(2)9-12)11-18-22-23-20(26-18)21-19(24)17-10-15-5-3-4-6-16(15)25-17/h3-10H,11H2,1-2H3,(H,21,23,24). The molecule has 0 saturated heterocycles. The molecule has 0 unspecified atom stereocenters. The molecule has 0 radical (unpaired) electrons. The van der Waals surface area contributed by atoms with Gasteiger partial charge in [-0.1, -0.05) is 47.1 Å². The van der Waals surface area contributed by atoms with Gasteiger partial charge in [-0.2, -0.15) is 0 Å². The van der Waals surface area contributed by atoms with Crippen LogP contribution >= 0.6 is 0 Å². The Morgan fingerprint density at radius 2 is 1.88 bits per heavy atom. The fourth-order valence-electron chi connectivity index (χ4n) is 2.84. The summed E-state index contributed by atoms with van der Waals surface area (Å²) < 4.78 is 11.1. The number of aryl methyl sites for hydroxylation is 2. The minimum Gasteiger partial charge on any atom is -0.451 e. The van der Waals surface area contributed by atoms with E-state index >= 15 is 0 Å². The molecule has 0 fully saturated rings. The molecule has 0 aliphatic heterocycles. The van der Waals surface area contributed by atoms with E-state index in [1.165, 1.54) is 5.56 Å². The molecule has 0 bridgehead atoms. The molecule has 2 heterocycles. The maximum Gasteiger partial charge on any atom is 0.322 e. The number of nitrogens with one attached hydrogen (secondary N) is 1. The first-order valence-corrected chi connectivity index (χ1v) is 8.27. The lowest BCUT2D eigenvalue weighted by Gasteiger charge is -2.03. The van der Waals surface area contributed by atoms with Gasteiger partial charge in [0.05, 0.1) is 6.42 Å². The van der Waals surface area contributed by atoms with E-state index in [0.29, 0.717) is 17.9 Å². The summed E-state index contributed by atoms with van der Waals surface area (Å²) >= 11 is 0. The zero-order chi connectivity index (χ0) is 18.1. The van der Waals surface area contributed by atoms with Crippen molar-refractivity contribution in [3.05, 3.63) is 76.9 Å². The van der Waals surface area contributed by atoms with Crippen LogP contribution in [0, 0.1) is 13.8 Å². The van der Waals surface area contributed by atoms with E-state index in [1.807, 2.05) is 37.3 Å². The Labute approximate surface area is 149 Å². The summed E-state index contributed by atoms with van der Waals surface area (Å²) in [6, 6.07) is 15.3. The predicted molar refractivity (Wildman–Crippen MR) is 97.2 cm³/mol. The maximum atomic E-state index is 12.3.